The topological polar surface area (TPSA) is 40.5 Å². The third-order valence-electron chi connectivity index (χ3n) is 3.85. The van der Waals surface area contributed by atoms with E-state index >= 15 is 0 Å². The number of hydrogen-bond donors (Lipinski definition) is 2. The van der Waals surface area contributed by atoms with Crippen molar-refractivity contribution in [3.63, 3.8) is 0 Å². The van der Waals surface area contributed by atoms with Crippen LogP contribution >= 0.6 is 0 Å². The molecule has 2 unspecified atom stereocenters. The summed E-state index contributed by atoms with van der Waals surface area (Å²) in [4.78, 5) is 0. The van der Waals surface area contributed by atoms with Gasteiger partial charge in [0.15, 0.2) is 0 Å². The highest BCUT2D eigenvalue weighted by Gasteiger charge is 2.54. The Bertz CT molecular complexity index is 859. The first kappa shape index (κ1) is 20.8. The number of benzene rings is 2. The van der Waals surface area contributed by atoms with Gasteiger partial charge in [-0.15, -0.1) is 0 Å². The van der Waals surface area contributed by atoms with Crippen LogP contribution in [0.25, 0.3) is 0 Å². The molecule has 2 rings (SSSR count). The van der Waals surface area contributed by atoms with Crippen molar-refractivity contribution in [1.82, 2.24) is 0 Å². The Kier molecular flexibility index (Phi) is 5.32. The molecule has 144 valence electrons. The van der Waals surface area contributed by atoms with Crippen molar-refractivity contribution in [2.45, 2.75) is 30.5 Å². The van der Waals surface area contributed by atoms with Crippen molar-refractivity contribution in [3.8, 4) is 11.8 Å². The van der Waals surface area contributed by atoms with Gasteiger partial charge >= 0.3 is 12.4 Å². The van der Waals surface area contributed by atoms with E-state index in [4.69, 9.17) is 0 Å². The fourth-order valence-corrected chi connectivity index (χ4v) is 2.42. The molecule has 0 bridgehead atoms. The molecule has 2 nitrogen and oxygen atoms in total. The Morgan fingerprint density at radius 3 is 1.67 bits per heavy atom. The molecule has 0 aliphatic heterocycles. The van der Waals surface area contributed by atoms with Gasteiger partial charge in [-0.05, 0) is 13.0 Å². The minimum atomic E-state index is -5.25. The molecule has 0 aliphatic carbocycles. The lowest BCUT2D eigenvalue weighted by Crippen LogP contribution is -2.41. The van der Waals surface area contributed by atoms with Crippen LogP contribution in [0.2, 0.25) is 0 Å². The fourth-order valence-electron chi connectivity index (χ4n) is 2.42. The summed E-state index contributed by atoms with van der Waals surface area (Å²) < 4.78 is 79.6. The zero-order valence-electron chi connectivity index (χ0n) is 13.9. The van der Waals surface area contributed by atoms with Gasteiger partial charge in [0.2, 0.25) is 5.60 Å². The second-order valence-corrected chi connectivity index (χ2v) is 5.94. The van der Waals surface area contributed by atoms with Crippen molar-refractivity contribution in [2.75, 3.05) is 0 Å². The second-order valence-electron chi connectivity index (χ2n) is 5.94. The molecule has 0 radical (unpaired) electrons. The number of hydrogen-bond acceptors (Lipinski definition) is 2. The molecule has 2 aromatic carbocycles. The van der Waals surface area contributed by atoms with E-state index < -0.39 is 40.2 Å². The molecule has 0 fully saturated rings. The first-order chi connectivity index (χ1) is 12.3. The molecular weight excluding hydrogens is 374 g/mol. The van der Waals surface area contributed by atoms with Gasteiger partial charge in [0.1, 0.15) is 5.60 Å². The van der Waals surface area contributed by atoms with Gasteiger partial charge in [0, 0.05) is 11.1 Å². The number of rotatable bonds is 2. The Hall–Kier alpha value is -2.50. The average molecular weight is 388 g/mol. The van der Waals surface area contributed by atoms with E-state index in [9.17, 15) is 36.6 Å². The quantitative estimate of drug-likeness (QED) is 0.593. The molecule has 27 heavy (non-hydrogen) atoms. The van der Waals surface area contributed by atoms with Gasteiger partial charge in [-0.2, -0.15) is 26.3 Å². The second kappa shape index (κ2) is 6.91. The minimum absolute atomic E-state index is 0.620. The number of aliphatic hydroxyl groups is 2. The van der Waals surface area contributed by atoms with E-state index in [1.165, 1.54) is 30.2 Å². The minimum Gasteiger partial charge on any atom is -0.374 e. The molecule has 2 aromatic rings. The van der Waals surface area contributed by atoms with E-state index in [0.29, 0.717) is 6.07 Å². The normalized spacial score (nSPS) is 16.6. The maximum Gasteiger partial charge on any atom is 0.433 e. The van der Waals surface area contributed by atoms with E-state index in [0.717, 1.165) is 31.2 Å². The smallest absolute Gasteiger partial charge is 0.374 e. The van der Waals surface area contributed by atoms with Crippen LogP contribution < -0.4 is 0 Å². The van der Waals surface area contributed by atoms with Gasteiger partial charge in [-0.1, -0.05) is 60.4 Å². The van der Waals surface area contributed by atoms with Gasteiger partial charge in [-0.25, -0.2) is 0 Å². The maximum atomic E-state index is 13.4. The SMILES string of the molecule is CC(O)(C#CC(O)(c1ccccc1)C(F)(F)F)c1ccccc1C(F)(F)F. The predicted molar refractivity (Wildman–Crippen MR) is 85.2 cm³/mol. The van der Waals surface area contributed by atoms with Gasteiger partial charge in [0.25, 0.3) is 0 Å². The molecule has 0 saturated carbocycles. The van der Waals surface area contributed by atoms with E-state index in [1.807, 2.05) is 0 Å². The highest BCUT2D eigenvalue weighted by Crippen LogP contribution is 2.40. The molecule has 0 spiro atoms. The summed E-state index contributed by atoms with van der Waals surface area (Å²) in [7, 11) is 0. The molecule has 0 aromatic heterocycles. The number of alkyl halides is 6. The van der Waals surface area contributed by atoms with Crippen LogP contribution in [0.15, 0.2) is 54.6 Å². The summed E-state index contributed by atoms with van der Waals surface area (Å²) in [6.07, 6.45) is -10.1. The van der Waals surface area contributed by atoms with Gasteiger partial charge in [-0.3, -0.25) is 0 Å². The lowest BCUT2D eigenvalue weighted by Gasteiger charge is -2.27. The third-order valence-corrected chi connectivity index (χ3v) is 3.85. The van der Waals surface area contributed by atoms with Gasteiger partial charge < -0.3 is 10.2 Å². The molecule has 0 heterocycles. The summed E-state index contributed by atoms with van der Waals surface area (Å²) in [5.41, 5.74) is -8.84. The van der Waals surface area contributed by atoms with Crippen molar-refractivity contribution < 1.29 is 36.6 Å². The largest absolute Gasteiger partial charge is 0.433 e. The van der Waals surface area contributed by atoms with Crippen LogP contribution in [0.5, 0.6) is 0 Å². The van der Waals surface area contributed by atoms with E-state index in [-0.39, 0.29) is 0 Å². The maximum absolute atomic E-state index is 13.4. The predicted octanol–water partition coefficient (Wildman–Crippen LogP) is 4.37. The van der Waals surface area contributed by atoms with Crippen molar-refractivity contribution in [3.05, 3.63) is 71.3 Å². The van der Waals surface area contributed by atoms with Crippen molar-refractivity contribution in [1.29, 1.82) is 0 Å². The zero-order chi connectivity index (χ0) is 20.5. The third kappa shape index (κ3) is 4.26. The molecular formula is C19H14F6O2. The lowest BCUT2D eigenvalue weighted by molar-refractivity contribution is -0.240. The van der Waals surface area contributed by atoms with E-state index in [1.54, 1.807) is 5.92 Å². The number of halogens is 6. The van der Waals surface area contributed by atoms with Crippen LogP contribution in [0.4, 0.5) is 26.3 Å². The fraction of sp³-hybridized carbons (Fsp3) is 0.263. The van der Waals surface area contributed by atoms with Gasteiger partial charge in [0.05, 0.1) is 5.56 Å². The summed E-state index contributed by atoms with van der Waals surface area (Å²) in [6.45, 7) is 0.826. The first-order valence-corrected chi connectivity index (χ1v) is 7.57. The molecule has 2 N–H and O–H groups in total. The van der Waals surface area contributed by atoms with Crippen LogP contribution in [-0.4, -0.2) is 16.4 Å². The average Bonchev–Trinajstić information content (AvgIpc) is 2.59. The zero-order valence-corrected chi connectivity index (χ0v) is 13.9. The van der Waals surface area contributed by atoms with E-state index in [2.05, 4.69) is 0 Å². The van der Waals surface area contributed by atoms with Crippen LogP contribution in [0, 0.1) is 11.8 Å². The van der Waals surface area contributed by atoms with Crippen molar-refractivity contribution in [2.24, 2.45) is 0 Å². The van der Waals surface area contributed by atoms with Crippen LogP contribution in [-0.2, 0) is 17.4 Å². The standard InChI is InChI=1S/C19H14F6O2/c1-16(26,14-9-5-6-10-15(14)18(20,21)22)11-12-17(27,19(23,24)25)13-7-3-2-4-8-13/h2-10,26-27H,1H3. The Labute approximate surface area is 151 Å². The van der Waals surface area contributed by atoms with Crippen molar-refractivity contribution >= 4 is 0 Å². The molecule has 0 aliphatic rings. The molecule has 2 atom stereocenters. The lowest BCUT2D eigenvalue weighted by atomic mass is 9.88. The summed E-state index contributed by atoms with van der Waals surface area (Å²) in [6, 6.07) is 9.70. The summed E-state index contributed by atoms with van der Waals surface area (Å²) in [5, 5.41) is 20.5. The summed E-state index contributed by atoms with van der Waals surface area (Å²) >= 11 is 0. The first-order valence-electron chi connectivity index (χ1n) is 7.57. The highest BCUT2D eigenvalue weighted by atomic mass is 19.4. The Morgan fingerprint density at radius 1 is 0.704 bits per heavy atom. The molecule has 8 heteroatoms. The van der Waals surface area contributed by atoms with Crippen LogP contribution in [0.1, 0.15) is 23.6 Å². The Balaban J connectivity index is 2.60. The molecule has 0 saturated heterocycles. The Morgan fingerprint density at radius 2 is 1.19 bits per heavy atom. The summed E-state index contributed by atoms with van der Waals surface area (Å²) in [5.74, 6) is 3.30. The monoisotopic (exact) mass is 388 g/mol. The van der Waals surface area contributed by atoms with Crippen LogP contribution in [0.3, 0.4) is 0 Å². The molecule has 0 amide bonds. The highest BCUT2D eigenvalue weighted by molar-refractivity contribution is 5.42.